The highest BCUT2D eigenvalue weighted by Gasteiger charge is 2.36. The van der Waals surface area contributed by atoms with Crippen molar-refractivity contribution in [3.05, 3.63) is 35.4 Å². The van der Waals surface area contributed by atoms with Crippen LogP contribution >= 0.6 is 0 Å². The fraction of sp³-hybridized carbons (Fsp3) is 0.467. The normalized spacial score (nSPS) is 14.3. The molecule has 22 heavy (non-hydrogen) atoms. The number of ether oxygens (including phenoxy) is 1. The third kappa shape index (κ3) is 5.07. The Kier molecular flexibility index (Phi) is 5.59. The molecule has 0 heterocycles. The molecule has 0 radical (unpaired) electrons. The van der Waals surface area contributed by atoms with Gasteiger partial charge in [-0.05, 0) is 44.9 Å². The Hall–Kier alpha value is -2.02. The van der Waals surface area contributed by atoms with Crippen molar-refractivity contribution in [3.63, 3.8) is 0 Å². The molecule has 0 saturated heterocycles. The summed E-state index contributed by atoms with van der Waals surface area (Å²) in [5.41, 5.74) is 5.20. The molecule has 1 aromatic carbocycles. The maximum absolute atomic E-state index is 13.1. The number of carboxylic acids is 1. The summed E-state index contributed by atoms with van der Waals surface area (Å²) in [7, 11) is 0. The molecule has 0 aliphatic carbocycles. The molecule has 0 spiro atoms. The smallest absolute Gasteiger partial charge is 0.322 e. The van der Waals surface area contributed by atoms with Crippen molar-refractivity contribution < 1.29 is 28.2 Å². The third-order valence-corrected chi connectivity index (χ3v) is 2.81. The standard InChI is InChI=1S/C15H19F2NO4/c1-15(2,3)22-14(21)12(13(19)20)11(18)7-8-4-5-9(16)10(17)6-8/h4-6,11-12H,7,18H2,1-3H3,(H,19,20)/t11?,12-/m0/s1. The van der Waals surface area contributed by atoms with E-state index in [1.807, 2.05) is 0 Å². The molecular weight excluding hydrogens is 296 g/mol. The molecule has 0 aromatic heterocycles. The molecule has 2 atom stereocenters. The van der Waals surface area contributed by atoms with Crippen LogP contribution in [0.3, 0.4) is 0 Å². The van der Waals surface area contributed by atoms with Crippen molar-refractivity contribution in [1.29, 1.82) is 0 Å². The quantitative estimate of drug-likeness (QED) is 0.639. The average molecular weight is 315 g/mol. The molecule has 1 rings (SSSR count). The molecule has 122 valence electrons. The monoisotopic (exact) mass is 315 g/mol. The Morgan fingerprint density at radius 3 is 2.32 bits per heavy atom. The Balaban J connectivity index is 2.89. The van der Waals surface area contributed by atoms with Crippen molar-refractivity contribution in [2.24, 2.45) is 11.7 Å². The lowest BCUT2D eigenvalue weighted by Gasteiger charge is -2.25. The summed E-state index contributed by atoms with van der Waals surface area (Å²) in [4.78, 5) is 23.2. The van der Waals surface area contributed by atoms with E-state index in [-0.39, 0.29) is 6.42 Å². The number of halogens is 2. The van der Waals surface area contributed by atoms with Gasteiger partial charge >= 0.3 is 11.9 Å². The van der Waals surface area contributed by atoms with E-state index in [1.165, 1.54) is 6.07 Å². The SMILES string of the molecule is CC(C)(C)OC(=O)[C@H](C(=O)O)C(N)Cc1ccc(F)c(F)c1. The zero-order valence-corrected chi connectivity index (χ0v) is 12.6. The highest BCUT2D eigenvalue weighted by molar-refractivity contribution is 5.95. The number of esters is 1. The molecule has 0 aliphatic rings. The van der Waals surface area contributed by atoms with Gasteiger partial charge in [0.15, 0.2) is 17.6 Å². The molecule has 0 amide bonds. The van der Waals surface area contributed by atoms with Gasteiger partial charge in [0, 0.05) is 6.04 Å². The first kappa shape index (κ1) is 18.0. The summed E-state index contributed by atoms with van der Waals surface area (Å²) >= 11 is 0. The summed E-state index contributed by atoms with van der Waals surface area (Å²) in [6.45, 7) is 4.81. The second-order valence-electron chi connectivity index (χ2n) is 5.97. The molecule has 0 saturated carbocycles. The summed E-state index contributed by atoms with van der Waals surface area (Å²) in [6.07, 6.45) is -0.104. The van der Waals surface area contributed by atoms with Crippen LogP contribution in [0.25, 0.3) is 0 Å². The molecule has 3 N–H and O–H groups in total. The van der Waals surface area contributed by atoms with E-state index >= 15 is 0 Å². The zero-order valence-electron chi connectivity index (χ0n) is 12.6. The second kappa shape index (κ2) is 6.83. The molecule has 0 fully saturated rings. The van der Waals surface area contributed by atoms with Gasteiger partial charge < -0.3 is 15.6 Å². The van der Waals surface area contributed by atoms with Crippen molar-refractivity contribution in [2.45, 2.75) is 38.8 Å². The topological polar surface area (TPSA) is 89.6 Å². The lowest BCUT2D eigenvalue weighted by Crippen LogP contribution is -2.45. The first-order valence-electron chi connectivity index (χ1n) is 6.66. The highest BCUT2D eigenvalue weighted by Crippen LogP contribution is 2.17. The van der Waals surface area contributed by atoms with E-state index in [4.69, 9.17) is 10.5 Å². The van der Waals surface area contributed by atoms with Crippen LogP contribution < -0.4 is 5.73 Å². The molecule has 5 nitrogen and oxygen atoms in total. The van der Waals surface area contributed by atoms with E-state index in [2.05, 4.69) is 0 Å². The van der Waals surface area contributed by atoms with Crippen LogP contribution in [0.2, 0.25) is 0 Å². The number of hydrogen-bond acceptors (Lipinski definition) is 4. The predicted octanol–water partition coefficient (Wildman–Crippen LogP) is 1.88. The largest absolute Gasteiger partial charge is 0.481 e. The van der Waals surface area contributed by atoms with E-state index in [9.17, 15) is 23.5 Å². The van der Waals surface area contributed by atoms with Crippen LogP contribution in [0.15, 0.2) is 18.2 Å². The van der Waals surface area contributed by atoms with Crippen molar-refractivity contribution in [3.8, 4) is 0 Å². The van der Waals surface area contributed by atoms with E-state index < -0.39 is 41.1 Å². The van der Waals surface area contributed by atoms with Crippen LogP contribution in [-0.2, 0) is 20.7 Å². The number of carbonyl (C=O) groups excluding carboxylic acids is 1. The molecule has 7 heteroatoms. The first-order chi connectivity index (χ1) is 10.0. The van der Waals surface area contributed by atoms with Gasteiger partial charge in [-0.2, -0.15) is 0 Å². The number of hydrogen-bond donors (Lipinski definition) is 2. The van der Waals surface area contributed by atoms with E-state index in [0.29, 0.717) is 5.56 Å². The van der Waals surface area contributed by atoms with Crippen LogP contribution in [0.5, 0.6) is 0 Å². The molecule has 1 aromatic rings. The summed E-state index contributed by atoms with van der Waals surface area (Å²) < 4.78 is 31.0. The lowest BCUT2D eigenvalue weighted by atomic mass is 9.94. The van der Waals surface area contributed by atoms with Crippen LogP contribution in [0.1, 0.15) is 26.3 Å². The molecule has 0 aliphatic heterocycles. The first-order valence-corrected chi connectivity index (χ1v) is 6.66. The van der Waals surface area contributed by atoms with Gasteiger partial charge in [0.05, 0.1) is 0 Å². The van der Waals surface area contributed by atoms with Crippen LogP contribution in [-0.4, -0.2) is 28.7 Å². The second-order valence-corrected chi connectivity index (χ2v) is 5.97. The van der Waals surface area contributed by atoms with Gasteiger partial charge in [-0.15, -0.1) is 0 Å². The fourth-order valence-electron chi connectivity index (χ4n) is 1.88. The van der Waals surface area contributed by atoms with Crippen molar-refractivity contribution in [1.82, 2.24) is 0 Å². The maximum Gasteiger partial charge on any atom is 0.322 e. The van der Waals surface area contributed by atoms with Gasteiger partial charge in [-0.3, -0.25) is 9.59 Å². The average Bonchev–Trinajstić information content (AvgIpc) is 2.31. The molecular formula is C15H19F2NO4. The zero-order chi connectivity index (χ0) is 17.1. The van der Waals surface area contributed by atoms with Crippen molar-refractivity contribution >= 4 is 11.9 Å². The predicted molar refractivity (Wildman–Crippen MR) is 75.0 cm³/mol. The number of nitrogens with two attached hydrogens (primary N) is 1. The molecule has 1 unspecified atom stereocenters. The fourth-order valence-corrected chi connectivity index (χ4v) is 1.88. The van der Waals surface area contributed by atoms with Gasteiger partial charge in [0.25, 0.3) is 0 Å². The van der Waals surface area contributed by atoms with Gasteiger partial charge in [0.1, 0.15) is 5.60 Å². The Morgan fingerprint density at radius 1 is 1.27 bits per heavy atom. The van der Waals surface area contributed by atoms with Gasteiger partial charge in [0.2, 0.25) is 0 Å². The lowest BCUT2D eigenvalue weighted by molar-refractivity contribution is -0.167. The number of carbonyl (C=O) groups is 2. The minimum Gasteiger partial charge on any atom is -0.481 e. The Morgan fingerprint density at radius 2 is 1.86 bits per heavy atom. The number of carboxylic acid groups (broad SMARTS) is 1. The summed E-state index contributed by atoms with van der Waals surface area (Å²) in [6, 6.07) is 1.99. The number of benzene rings is 1. The van der Waals surface area contributed by atoms with E-state index in [0.717, 1.165) is 12.1 Å². The van der Waals surface area contributed by atoms with Crippen LogP contribution in [0.4, 0.5) is 8.78 Å². The minimum absolute atomic E-state index is 0.104. The van der Waals surface area contributed by atoms with Gasteiger partial charge in [-0.25, -0.2) is 8.78 Å². The third-order valence-electron chi connectivity index (χ3n) is 2.81. The molecule has 0 bridgehead atoms. The Labute approximate surface area is 127 Å². The number of rotatable bonds is 5. The van der Waals surface area contributed by atoms with E-state index in [1.54, 1.807) is 20.8 Å². The number of aliphatic carboxylic acids is 1. The Bertz CT molecular complexity index is 569. The minimum atomic E-state index is -1.59. The van der Waals surface area contributed by atoms with Gasteiger partial charge in [-0.1, -0.05) is 6.07 Å². The van der Waals surface area contributed by atoms with Crippen LogP contribution in [0, 0.1) is 17.6 Å². The maximum atomic E-state index is 13.1. The highest BCUT2D eigenvalue weighted by atomic mass is 19.2. The summed E-state index contributed by atoms with van der Waals surface area (Å²) in [5, 5.41) is 9.17. The summed E-state index contributed by atoms with van der Waals surface area (Å²) in [5.74, 6) is -6.06. The van der Waals surface area contributed by atoms with Crippen molar-refractivity contribution in [2.75, 3.05) is 0 Å².